The molecule has 0 aromatic heterocycles. The second-order valence-electron chi connectivity index (χ2n) is 3.95. The molecule has 1 saturated heterocycles. The van der Waals surface area contributed by atoms with Gasteiger partial charge in [0.15, 0.2) is 0 Å². The van der Waals surface area contributed by atoms with E-state index in [1.807, 2.05) is 0 Å². The first-order valence-corrected chi connectivity index (χ1v) is 6.54. The summed E-state index contributed by atoms with van der Waals surface area (Å²) >= 11 is 0. The van der Waals surface area contributed by atoms with Gasteiger partial charge in [-0.2, -0.15) is 0 Å². The number of sulfonamides is 1. The predicted molar refractivity (Wildman–Crippen MR) is 48.8 cm³/mol. The molecular formula is C8H15NO3S. The maximum Gasteiger partial charge on any atom is 0.208 e. The summed E-state index contributed by atoms with van der Waals surface area (Å²) in [6, 6.07) is 0.125. The molecule has 1 heterocycles. The van der Waals surface area contributed by atoms with Crippen LogP contribution in [-0.4, -0.2) is 33.4 Å². The Hall–Kier alpha value is -0.130. The minimum Gasteiger partial charge on any atom is -0.378 e. The lowest BCUT2D eigenvalue weighted by atomic mass is 9.73. The maximum atomic E-state index is 11.0. The molecule has 1 aliphatic carbocycles. The van der Waals surface area contributed by atoms with E-state index in [0.29, 0.717) is 12.0 Å². The van der Waals surface area contributed by atoms with Crippen molar-refractivity contribution in [1.82, 2.24) is 4.72 Å². The highest BCUT2D eigenvalue weighted by molar-refractivity contribution is 7.88. The largest absolute Gasteiger partial charge is 0.378 e. The Morgan fingerprint density at radius 2 is 2.23 bits per heavy atom. The number of fused-ring (bicyclic) bond motifs is 1. The molecule has 2 fully saturated rings. The van der Waals surface area contributed by atoms with Crippen molar-refractivity contribution in [3.8, 4) is 0 Å². The van der Waals surface area contributed by atoms with Crippen molar-refractivity contribution >= 4 is 10.0 Å². The quantitative estimate of drug-likeness (QED) is 0.696. The average molecular weight is 205 g/mol. The first-order chi connectivity index (χ1) is 6.06. The van der Waals surface area contributed by atoms with Crippen molar-refractivity contribution < 1.29 is 13.2 Å². The monoisotopic (exact) mass is 205 g/mol. The highest BCUT2D eigenvalue weighted by Gasteiger charge is 2.44. The van der Waals surface area contributed by atoms with E-state index in [2.05, 4.69) is 4.72 Å². The molecule has 0 radical (unpaired) electrons. The zero-order chi connectivity index (χ0) is 9.47. The van der Waals surface area contributed by atoms with Crippen LogP contribution >= 0.6 is 0 Å². The van der Waals surface area contributed by atoms with Crippen LogP contribution in [0.3, 0.4) is 0 Å². The molecule has 0 aromatic carbocycles. The highest BCUT2D eigenvalue weighted by Crippen LogP contribution is 2.37. The maximum absolute atomic E-state index is 11.0. The van der Waals surface area contributed by atoms with Crippen LogP contribution in [0.1, 0.15) is 19.3 Å². The van der Waals surface area contributed by atoms with E-state index in [-0.39, 0.29) is 6.04 Å². The van der Waals surface area contributed by atoms with E-state index >= 15 is 0 Å². The Bertz CT molecular complexity index is 288. The number of hydrogen-bond donors (Lipinski definition) is 1. The number of ether oxygens (including phenoxy) is 1. The van der Waals surface area contributed by atoms with Crippen LogP contribution in [0.5, 0.6) is 0 Å². The molecule has 1 aliphatic heterocycles. The first kappa shape index (κ1) is 9.43. The van der Waals surface area contributed by atoms with Crippen LogP contribution in [0.15, 0.2) is 0 Å². The van der Waals surface area contributed by atoms with Gasteiger partial charge in [0.05, 0.1) is 12.4 Å². The van der Waals surface area contributed by atoms with Gasteiger partial charge in [-0.15, -0.1) is 0 Å². The van der Waals surface area contributed by atoms with Crippen LogP contribution in [0.4, 0.5) is 0 Å². The molecule has 1 saturated carbocycles. The van der Waals surface area contributed by atoms with E-state index in [4.69, 9.17) is 4.74 Å². The van der Waals surface area contributed by atoms with Gasteiger partial charge in [0.2, 0.25) is 10.0 Å². The summed E-state index contributed by atoms with van der Waals surface area (Å²) < 4.78 is 30.0. The summed E-state index contributed by atoms with van der Waals surface area (Å²) in [4.78, 5) is 0. The molecule has 0 bridgehead atoms. The normalized spacial score (nSPS) is 39.3. The van der Waals surface area contributed by atoms with Gasteiger partial charge < -0.3 is 4.74 Å². The molecule has 3 atom stereocenters. The Balaban J connectivity index is 1.91. The summed E-state index contributed by atoms with van der Waals surface area (Å²) in [6.45, 7) is 0.840. The van der Waals surface area contributed by atoms with Gasteiger partial charge in [-0.25, -0.2) is 13.1 Å². The second kappa shape index (κ2) is 3.22. The third kappa shape index (κ3) is 2.03. The fourth-order valence-corrected chi connectivity index (χ4v) is 3.03. The highest BCUT2D eigenvalue weighted by atomic mass is 32.2. The van der Waals surface area contributed by atoms with Crippen LogP contribution in [0, 0.1) is 5.92 Å². The summed E-state index contributed by atoms with van der Waals surface area (Å²) in [7, 11) is -3.04. The Morgan fingerprint density at radius 1 is 1.46 bits per heavy atom. The third-order valence-corrected chi connectivity index (χ3v) is 3.59. The van der Waals surface area contributed by atoms with Gasteiger partial charge >= 0.3 is 0 Å². The summed E-state index contributed by atoms with van der Waals surface area (Å²) in [6.07, 6.45) is 4.52. The van der Waals surface area contributed by atoms with E-state index in [1.165, 1.54) is 6.26 Å². The summed E-state index contributed by atoms with van der Waals surface area (Å²) in [5.74, 6) is 0.420. The number of nitrogens with one attached hydrogen (secondary N) is 1. The topological polar surface area (TPSA) is 55.4 Å². The van der Waals surface area contributed by atoms with E-state index in [1.54, 1.807) is 0 Å². The lowest BCUT2D eigenvalue weighted by molar-refractivity contribution is -0.0979. The molecular weight excluding hydrogens is 190 g/mol. The predicted octanol–water partition coefficient (Wildman–Crippen LogP) is 0.103. The smallest absolute Gasteiger partial charge is 0.208 e. The minimum absolute atomic E-state index is 0.125. The van der Waals surface area contributed by atoms with E-state index < -0.39 is 10.0 Å². The van der Waals surface area contributed by atoms with Crippen LogP contribution in [-0.2, 0) is 14.8 Å². The van der Waals surface area contributed by atoms with Crippen molar-refractivity contribution in [1.29, 1.82) is 0 Å². The van der Waals surface area contributed by atoms with Crippen molar-refractivity contribution in [2.45, 2.75) is 31.4 Å². The molecule has 0 amide bonds. The van der Waals surface area contributed by atoms with Crippen molar-refractivity contribution in [3.05, 3.63) is 0 Å². The van der Waals surface area contributed by atoms with Crippen molar-refractivity contribution in [3.63, 3.8) is 0 Å². The molecule has 3 unspecified atom stereocenters. The van der Waals surface area contributed by atoms with Crippen LogP contribution < -0.4 is 4.72 Å². The van der Waals surface area contributed by atoms with Crippen molar-refractivity contribution in [2.24, 2.45) is 5.92 Å². The second-order valence-corrected chi connectivity index (χ2v) is 5.73. The molecule has 0 aromatic rings. The number of rotatable bonds is 2. The van der Waals surface area contributed by atoms with Crippen LogP contribution in [0.2, 0.25) is 0 Å². The lowest BCUT2D eigenvalue weighted by Crippen LogP contribution is -2.57. The molecule has 2 aliphatic rings. The Morgan fingerprint density at radius 3 is 2.85 bits per heavy atom. The van der Waals surface area contributed by atoms with Gasteiger partial charge in [0.25, 0.3) is 0 Å². The molecule has 13 heavy (non-hydrogen) atoms. The van der Waals surface area contributed by atoms with E-state index in [0.717, 1.165) is 25.9 Å². The van der Waals surface area contributed by atoms with Gasteiger partial charge in [0, 0.05) is 18.6 Å². The van der Waals surface area contributed by atoms with Crippen LogP contribution in [0.25, 0.3) is 0 Å². The fraction of sp³-hybridized carbons (Fsp3) is 1.00. The van der Waals surface area contributed by atoms with Gasteiger partial charge in [-0.05, 0) is 19.3 Å². The first-order valence-electron chi connectivity index (χ1n) is 4.65. The SMILES string of the molecule is CS(=O)(=O)NC1CC2OCCCC12. The summed E-state index contributed by atoms with van der Waals surface area (Å²) in [5.41, 5.74) is 0. The Kier molecular flexibility index (Phi) is 2.33. The lowest BCUT2D eigenvalue weighted by Gasteiger charge is -2.47. The third-order valence-electron chi connectivity index (χ3n) is 2.86. The minimum atomic E-state index is -3.04. The zero-order valence-corrected chi connectivity index (χ0v) is 8.51. The molecule has 76 valence electrons. The standard InChI is InChI=1S/C8H15NO3S/c1-13(10,11)9-7-5-8-6(7)3-2-4-12-8/h6-9H,2-5H2,1H3. The average Bonchev–Trinajstić information content (AvgIpc) is 1.99. The summed E-state index contributed by atoms with van der Waals surface area (Å²) in [5, 5.41) is 0. The molecule has 0 spiro atoms. The molecule has 2 rings (SSSR count). The Labute approximate surface area is 78.7 Å². The number of hydrogen-bond acceptors (Lipinski definition) is 3. The molecule has 5 heteroatoms. The van der Waals surface area contributed by atoms with Crippen molar-refractivity contribution in [2.75, 3.05) is 12.9 Å². The fourth-order valence-electron chi connectivity index (χ4n) is 2.21. The molecule has 1 N–H and O–H groups in total. The van der Waals surface area contributed by atoms with Gasteiger partial charge in [-0.3, -0.25) is 0 Å². The van der Waals surface area contributed by atoms with E-state index in [9.17, 15) is 8.42 Å². The zero-order valence-electron chi connectivity index (χ0n) is 7.69. The van der Waals surface area contributed by atoms with Gasteiger partial charge in [-0.1, -0.05) is 0 Å². The molecule has 4 nitrogen and oxygen atoms in total. The van der Waals surface area contributed by atoms with Gasteiger partial charge in [0.1, 0.15) is 0 Å².